The number of thiophene rings is 1. The third-order valence-corrected chi connectivity index (χ3v) is 4.42. The number of ketones is 1. The van der Waals surface area contributed by atoms with Crippen LogP contribution < -0.4 is 10.0 Å². The minimum Gasteiger partial charge on any atom is -0.326 e. The average molecular weight is 370 g/mol. The molecule has 0 atom stereocenters. The second kappa shape index (κ2) is 7.54. The average Bonchev–Trinajstić information content (AvgIpc) is 3.01. The van der Waals surface area contributed by atoms with E-state index in [2.05, 4.69) is 5.32 Å². The van der Waals surface area contributed by atoms with Gasteiger partial charge in [0.1, 0.15) is 5.82 Å². The summed E-state index contributed by atoms with van der Waals surface area (Å²) in [6.07, 6.45) is 0.929. The van der Waals surface area contributed by atoms with E-state index < -0.39 is 21.7 Å². The molecule has 1 heterocycles. The number of amides is 1. The highest BCUT2D eigenvalue weighted by molar-refractivity contribution is 7.92. The lowest BCUT2D eigenvalue weighted by Gasteiger charge is -2.09. The Morgan fingerprint density at radius 1 is 1.21 bits per heavy atom. The van der Waals surface area contributed by atoms with Crippen LogP contribution in [0.4, 0.5) is 15.8 Å². The van der Waals surface area contributed by atoms with Gasteiger partial charge in [-0.2, -0.15) is 0 Å². The number of halogens is 1. The molecule has 1 aromatic heterocycles. The van der Waals surface area contributed by atoms with E-state index in [-0.39, 0.29) is 30.0 Å². The lowest BCUT2D eigenvalue weighted by Crippen LogP contribution is -2.14. The minimum atomic E-state index is -3.64. The van der Waals surface area contributed by atoms with Crippen LogP contribution in [0.2, 0.25) is 0 Å². The lowest BCUT2D eigenvalue weighted by molar-refractivity contribution is -0.116. The Labute approximate surface area is 142 Å². The Morgan fingerprint density at radius 2 is 1.96 bits per heavy atom. The summed E-state index contributed by atoms with van der Waals surface area (Å²) in [5.41, 5.74) is -0.0268. The van der Waals surface area contributed by atoms with Gasteiger partial charge in [-0.15, -0.1) is 11.3 Å². The number of Topliss-reactive ketones (excluding diaryl/α,β-unsaturated/α-hetero) is 1. The molecule has 9 heteroatoms. The van der Waals surface area contributed by atoms with E-state index in [1.54, 1.807) is 17.5 Å². The SMILES string of the molecule is CS(=O)(=O)Nc1cc(NC(=O)CCC(=O)c2cccs2)ccc1F. The van der Waals surface area contributed by atoms with Crippen LogP contribution in [-0.4, -0.2) is 26.4 Å². The second-order valence-corrected chi connectivity index (χ2v) is 7.71. The van der Waals surface area contributed by atoms with Gasteiger partial charge in [0, 0.05) is 18.5 Å². The van der Waals surface area contributed by atoms with E-state index in [0.29, 0.717) is 4.88 Å². The quantitative estimate of drug-likeness (QED) is 0.733. The van der Waals surface area contributed by atoms with Gasteiger partial charge in [-0.3, -0.25) is 14.3 Å². The van der Waals surface area contributed by atoms with Crippen LogP contribution in [0, 0.1) is 5.82 Å². The molecule has 2 rings (SSSR count). The van der Waals surface area contributed by atoms with Gasteiger partial charge in [0.25, 0.3) is 0 Å². The van der Waals surface area contributed by atoms with E-state index >= 15 is 0 Å². The zero-order valence-electron chi connectivity index (χ0n) is 12.7. The Hall–Kier alpha value is -2.26. The predicted octanol–water partition coefficient (Wildman–Crippen LogP) is 2.86. The van der Waals surface area contributed by atoms with Gasteiger partial charge in [-0.1, -0.05) is 6.07 Å². The molecular weight excluding hydrogens is 355 g/mol. The van der Waals surface area contributed by atoms with Crippen LogP contribution in [0.15, 0.2) is 35.7 Å². The summed E-state index contributed by atoms with van der Waals surface area (Å²) in [7, 11) is -3.64. The molecule has 0 fully saturated rings. The van der Waals surface area contributed by atoms with Crippen molar-refractivity contribution in [3.05, 3.63) is 46.4 Å². The van der Waals surface area contributed by atoms with Gasteiger partial charge in [0.05, 0.1) is 16.8 Å². The van der Waals surface area contributed by atoms with E-state index in [9.17, 15) is 22.4 Å². The number of anilines is 2. The number of nitrogens with one attached hydrogen (secondary N) is 2. The summed E-state index contributed by atoms with van der Waals surface area (Å²) >= 11 is 1.31. The minimum absolute atomic E-state index is 0.0249. The fourth-order valence-corrected chi connectivity index (χ4v) is 3.14. The molecule has 0 saturated heterocycles. The molecule has 24 heavy (non-hydrogen) atoms. The predicted molar refractivity (Wildman–Crippen MR) is 91.4 cm³/mol. The maximum Gasteiger partial charge on any atom is 0.229 e. The molecule has 0 bridgehead atoms. The Kier molecular flexibility index (Phi) is 5.68. The second-order valence-electron chi connectivity index (χ2n) is 5.02. The molecule has 1 aromatic carbocycles. The van der Waals surface area contributed by atoms with E-state index in [4.69, 9.17) is 0 Å². The van der Waals surface area contributed by atoms with Gasteiger partial charge in [-0.25, -0.2) is 12.8 Å². The Morgan fingerprint density at radius 3 is 2.58 bits per heavy atom. The fraction of sp³-hybridized carbons (Fsp3) is 0.200. The van der Waals surface area contributed by atoms with E-state index in [1.807, 2.05) is 4.72 Å². The highest BCUT2D eigenvalue weighted by Crippen LogP contribution is 2.21. The highest BCUT2D eigenvalue weighted by Gasteiger charge is 2.12. The Bertz CT molecular complexity index is 848. The molecule has 0 saturated carbocycles. The number of hydrogen-bond acceptors (Lipinski definition) is 5. The van der Waals surface area contributed by atoms with Crippen LogP contribution in [-0.2, 0) is 14.8 Å². The first-order valence-corrected chi connectivity index (χ1v) is 9.65. The van der Waals surface area contributed by atoms with Crippen LogP contribution in [0.3, 0.4) is 0 Å². The standard InChI is InChI=1S/C15H15FN2O4S2/c1-24(21,22)18-12-9-10(4-5-11(12)16)17-15(20)7-6-13(19)14-3-2-8-23-14/h2-5,8-9,18H,6-7H2,1H3,(H,17,20). The first-order chi connectivity index (χ1) is 11.2. The number of hydrogen-bond donors (Lipinski definition) is 2. The molecule has 0 aliphatic rings. The molecule has 0 aliphatic heterocycles. The summed E-state index contributed by atoms with van der Waals surface area (Å²) in [6.45, 7) is 0. The van der Waals surface area contributed by atoms with Crippen LogP contribution in [0.1, 0.15) is 22.5 Å². The highest BCUT2D eigenvalue weighted by atomic mass is 32.2. The largest absolute Gasteiger partial charge is 0.326 e. The molecule has 0 unspecified atom stereocenters. The first kappa shape index (κ1) is 18.1. The van der Waals surface area contributed by atoms with Crippen molar-refractivity contribution in [2.45, 2.75) is 12.8 Å². The van der Waals surface area contributed by atoms with Crippen molar-refractivity contribution in [1.82, 2.24) is 0 Å². The third kappa shape index (κ3) is 5.43. The third-order valence-electron chi connectivity index (χ3n) is 2.92. The van der Waals surface area contributed by atoms with E-state index in [0.717, 1.165) is 12.3 Å². The van der Waals surface area contributed by atoms with Gasteiger partial charge in [0.15, 0.2) is 5.78 Å². The maximum atomic E-state index is 13.6. The number of carbonyl (C=O) groups is 2. The number of rotatable bonds is 7. The summed E-state index contributed by atoms with van der Waals surface area (Å²) in [4.78, 5) is 24.3. The topological polar surface area (TPSA) is 92.3 Å². The Balaban J connectivity index is 1.96. The molecule has 1 amide bonds. The number of carbonyl (C=O) groups excluding carboxylic acids is 2. The molecular formula is C15H15FN2O4S2. The van der Waals surface area contributed by atoms with E-state index in [1.165, 1.54) is 23.5 Å². The van der Waals surface area contributed by atoms with Crippen molar-refractivity contribution < 1.29 is 22.4 Å². The molecule has 0 radical (unpaired) electrons. The fourth-order valence-electron chi connectivity index (χ4n) is 1.89. The van der Waals surface area contributed by atoms with Crippen molar-refractivity contribution in [2.75, 3.05) is 16.3 Å². The summed E-state index contributed by atoms with van der Waals surface area (Å²) < 4.78 is 37.9. The molecule has 6 nitrogen and oxygen atoms in total. The smallest absolute Gasteiger partial charge is 0.229 e. The molecule has 2 N–H and O–H groups in total. The molecule has 0 spiro atoms. The van der Waals surface area contributed by atoms with Gasteiger partial charge < -0.3 is 5.32 Å². The molecule has 0 aliphatic carbocycles. The van der Waals surface area contributed by atoms with Crippen molar-refractivity contribution in [3.8, 4) is 0 Å². The first-order valence-electron chi connectivity index (χ1n) is 6.88. The summed E-state index contributed by atoms with van der Waals surface area (Å²) in [5, 5.41) is 4.29. The monoisotopic (exact) mass is 370 g/mol. The summed E-state index contributed by atoms with van der Waals surface area (Å²) in [6, 6.07) is 6.97. The summed E-state index contributed by atoms with van der Waals surface area (Å²) in [5.74, 6) is -1.30. The zero-order valence-corrected chi connectivity index (χ0v) is 14.3. The van der Waals surface area contributed by atoms with Gasteiger partial charge >= 0.3 is 0 Å². The maximum absolute atomic E-state index is 13.6. The van der Waals surface area contributed by atoms with Crippen molar-refractivity contribution in [2.24, 2.45) is 0 Å². The zero-order chi connectivity index (χ0) is 17.7. The van der Waals surface area contributed by atoms with Crippen molar-refractivity contribution in [1.29, 1.82) is 0 Å². The normalized spacial score (nSPS) is 11.1. The van der Waals surface area contributed by atoms with Crippen molar-refractivity contribution >= 4 is 44.4 Å². The van der Waals surface area contributed by atoms with Crippen molar-refractivity contribution in [3.63, 3.8) is 0 Å². The molecule has 2 aromatic rings. The number of sulfonamides is 1. The lowest BCUT2D eigenvalue weighted by atomic mass is 10.2. The van der Waals surface area contributed by atoms with Crippen LogP contribution >= 0.6 is 11.3 Å². The van der Waals surface area contributed by atoms with Gasteiger partial charge in [-0.05, 0) is 29.6 Å². The van der Waals surface area contributed by atoms with Gasteiger partial charge in [0.2, 0.25) is 15.9 Å². The van der Waals surface area contributed by atoms with Crippen LogP contribution in [0.5, 0.6) is 0 Å². The molecule has 128 valence electrons. The number of benzene rings is 1. The van der Waals surface area contributed by atoms with Crippen LogP contribution in [0.25, 0.3) is 0 Å².